The maximum atomic E-state index is 14.3. The third kappa shape index (κ3) is 3.86. The van der Waals surface area contributed by atoms with E-state index in [2.05, 4.69) is 0 Å². The highest BCUT2D eigenvalue weighted by Crippen LogP contribution is 2.44. The molecule has 2 aliphatic rings. The van der Waals surface area contributed by atoms with E-state index < -0.39 is 17.6 Å². The van der Waals surface area contributed by atoms with E-state index in [1.165, 1.54) is 12.3 Å². The molecule has 6 nitrogen and oxygen atoms in total. The van der Waals surface area contributed by atoms with Gasteiger partial charge in [0.2, 0.25) is 0 Å². The lowest BCUT2D eigenvalue weighted by atomic mass is 9.71. The third-order valence-corrected chi connectivity index (χ3v) is 7.32. The molecule has 2 heterocycles. The number of carbonyl (C=O) groups is 1. The zero-order valence-corrected chi connectivity index (χ0v) is 18.7. The largest absolute Gasteiger partial charge is 0.481 e. The molecule has 178 valence electrons. The van der Waals surface area contributed by atoms with Crippen LogP contribution in [0.4, 0.5) is 14.5 Å². The van der Waals surface area contributed by atoms with Crippen molar-refractivity contribution < 1.29 is 23.4 Å². The number of anilines is 1. The Morgan fingerprint density at radius 3 is 2.56 bits per heavy atom. The first-order chi connectivity index (χ1) is 16.4. The molecule has 1 saturated heterocycles. The van der Waals surface area contributed by atoms with E-state index in [4.69, 9.17) is 15.9 Å². The van der Waals surface area contributed by atoms with Crippen LogP contribution in [0.2, 0.25) is 0 Å². The van der Waals surface area contributed by atoms with Crippen molar-refractivity contribution in [2.45, 2.75) is 38.0 Å². The minimum absolute atomic E-state index is 0.143. The number of aliphatic carboxylic acids is 1. The van der Waals surface area contributed by atoms with Gasteiger partial charge < -0.3 is 25.6 Å². The van der Waals surface area contributed by atoms with Crippen molar-refractivity contribution in [3.05, 3.63) is 58.8 Å². The molecule has 0 unspecified atom stereocenters. The Balaban J connectivity index is 1.73. The van der Waals surface area contributed by atoms with Crippen molar-refractivity contribution in [3.63, 3.8) is 0 Å². The summed E-state index contributed by atoms with van der Waals surface area (Å²) in [6.45, 7) is 1.23. The smallest absolute Gasteiger partial charge is 0.306 e. The lowest BCUT2D eigenvalue weighted by Gasteiger charge is -2.33. The Kier molecular flexibility index (Phi) is 5.85. The fourth-order valence-electron chi connectivity index (χ4n) is 5.49. The highest BCUT2D eigenvalue weighted by molar-refractivity contribution is 5.97. The number of hydrogen-bond donors (Lipinski definition) is 3. The van der Waals surface area contributed by atoms with Crippen LogP contribution in [0.1, 0.15) is 48.4 Å². The van der Waals surface area contributed by atoms with Gasteiger partial charge in [-0.05, 0) is 67.9 Å². The molecule has 1 aliphatic carbocycles. The lowest BCUT2D eigenvalue weighted by molar-refractivity contribution is -0.146. The summed E-state index contributed by atoms with van der Waals surface area (Å²) in [5.74, 6) is -2.54. The maximum Gasteiger partial charge on any atom is 0.306 e. The summed E-state index contributed by atoms with van der Waals surface area (Å²) in [5.41, 5.74) is 10.7. The molecule has 5 rings (SSSR count). The molecule has 1 aliphatic heterocycles. The number of nitrogens with two attached hydrogens (primary N) is 1. The van der Waals surface area contributed by atoms with Gasteiger partial charge in [-0.2, -0.15) is 0 Å². The van der Waals surface area contributed by atoms with Crippen molar-refractivity contribution in [1.29, 1.82) is 5.41 Å². The molecule has 34 heavy (non-hydrogen) atoms. The number of rotatable bonds is 6. The molecule has 2 fully saturated rings. The van der Waals surface area contributed by atoms with Gasteiger partial charge in [-0.25, -0.2) is 8.78 Å². The van der Waals surface area contributed by atoms with Gasteiger partial charge in [-0.15, -0.1) is 0 Å². The SMILES string of the molecule is N=Cc1cc2c(cc1N)c(CC1CC(C(=O)O)C1)c(C1CCOCC1)n2-c1ccc(F)c(F)c1. The number of aromatic nitrogens is 1. The van der Waals surface area contributed by atoms with E-state index >= 15 is 0 Å². The van der Waals surface area contributed by atoms with E-state index in [0.29, 0.717) is 49.4 Å². The normalized spacial score (nSPS) is 20.9. The molecule has 0 amide bonds. The van der Waals surface area contributed by atoms with E-state index in [9.17, 15) is 18.7 Å². The van der Waals surface area contributed by atoms with Crippen molar-refractivity contribution in [3.8, 4) is 5.69 Å². The number of hydrogen-bond acceptors (Lipinski definition) is 4. The average Bonchev–Trinajstić information content (AvgIpc) is 3.10. The second kappa shape index (κ2) is 8.83. The maximum absolute atomic E-state index is 14.3. The molecular weight excluding hydrogens is 440 g/mol. The summed E-state index contributed by atoms with van der Waals surface area (Å²) in [4.78, 5) is 11.3. The number of ether oxygens (including phenoxy) is 1. The second-order valence-corrected chi connectivity index (χ2v) is 9.40. The Morgan fingerprint density at radius 2 is 1.91 bits per heavy atom. The van der Waals surface area contributed by atoms with Gasteiger partial charge in [0.05, 0.1) is 11.4 Å². The highest BCUT2D eigenvalue weighted by Gasteiger charge is 2.37. The molecule has 0 radical (unpaired) electrons. The number of carboxylic acids is 1. The van der Waals surface area contributed by atoms with Crippen LogP contribution in [0.5, 0.6) is 0 Å². The fraction of sp³-hybridized carbons (Fsp3) is 0.385. The average molecular weight is 468 g/mol. The number of halogens is 2. The molecule has 3 aromatic rings. The van der Waals surface area contributed by atoms with Crippen molar-refractivity contribution >= 4 is 28.8 Å². The first-order valence-electron chi connectivity index (χ1n) is 11.6. The van der Waals surface area contributed by atoms with Crippen molar-refractivity contribution in [1.82, 2.24) is 4.57 Å². The molecule has 0 spiro atoms. The van der Waals surface area contributed by atoms with E-state index in [1.807, 2.05) is 16.7 Å². The minimum Gasteiger partial charge on any atom is -0.481 e. The molecule has 0 bridgehead atoms. The Morgan fingerprint density at radius 1 is 1.18 bits per heavy atom. The number of carboxylic acid groups (broad SMARTS) is 1. The van der Waals surface area contributed by atoms with Crippen LogP contribution in [0.15, 0.2) is 30.3 Å². The van der Waals surface area contributed by atoms with E-state index in [0.717, 1.165) is 41.1 Å². The van der Waals surface area contributed by atoms with Crippen LogP contribution in [-0.4, -0.2) is 35.1 Å². The zero-order chi connectivity index (χ0) is 24.0. The van der Waals surface area contributed by atoms with Crippen LogP contribution < -0.4 is 5.73 Å². The van der Waals surface area contributed by atoms with Gasteiger partial charge in [0, 0.05) is 59.4 Å². The monoisotopic (exact) mass is 467 g/mol. The molecule has 0 atom stereocenters. The zero-order valence-electron chi connectivity index (χ0n) is 18.7. The topological polar surface area (TPSA) is 101 Å². The summed E-state index contributed by atoms with van der Waals surface area (Å²) >= 11 is 0. The summed E-state index contributed by atoms with van der Waals surface area (Å²) in [5, 5.41) is 18.0. The molecular formula is C26H27F2N3O3. The third-order valence-electron chi connectivity index (χ3n) is 7.32. The fourth-order valence-corrected chi connectivity index (χ4v) is 5.49. The Bertz CT molecular complexity index is 1270. The molecule has 1 saturated carbocycles. The Labute approximate surface area is 195 Å². The second-order valence-electron chi connectivity index (χ2n) is 9.40. The van der Waals surface area contributed by atoms with E-state index in [-0.39, 0.29) is 17.8 Å². The van der Waals surface area contributed by atoms with Crippen LogP contribution in [0.25, 0.3) is 16.6 Å². The van der Waals surface area contributed by atoms with Gasteiger partial charge in [0.1, 0.15) is 0 Å². The predicted octanol–water partition coefficient (Wildman–Crippen LogP) is 5.04. The van der Waals surface area contributed by atoms with Gasteiger partial charge in [-0.3, -0.25) is 4.79 Å². The summed E-state index contributed by atoms with van der Waals surface area (Å²) in [6.07, 6.45) is 4.70. The van der Waals surface area contributed by atoms with Crippen molar-refractivity contribution in [2.24, 2.45) is 11.8 Å². The highest BCUT2D eigenvalue weighted by atomic mass is 19.2. The van der Waals surface area contributed by atoms with Gasteiger partial charge >= 0.3 is 5.97 Å². The lowest BCUT2D eigenvalue weighted by Crippen LogP contribution is -2.31. The molecule has 4 N–H and O–H groups in total. The number of benzene rings is 2. The summed E-state index contributed by atoms with van der Waals surface area (Å²) in [6, 6.07) is 7.58. The first-order valence-corrected chi connectivity index (χ1v) is 11.6. The number of fused-ring (bicyclic) bond motifs is 1. The van der Waals surface area contributed by atoms with Gasteiger partial charge in [-0.1, -0.05) is 0 Å². The van der Waals surface area contributed by atoms with Crippen LogP contribution in [0, 0.1) is 28.9 Å². The minimum atomic E-state index is -0.926. The summed E-state index contributed by atoms with van der Waals surface area (Å²) < 4.78 is 35.7. The van der Waals surface area contributed by atoms with Crippen LogP contribution in [0.3, 0.4) is 0 Å². The van der Waals surface area contributed by atoms with Gasteiger partial charge in [0.15, 0.2) is 11.6 Å². The van der Waals surface area contributed by atoms with Crippen LogP contribution >= 0.6 is 0 Å². The first kappa shape index (κ1) is 22.5. The molecule has 1 aromatic heterocycles. The molecule has 2 aromatic carbocycles. The quantitative estimate of drug-likeness (QED) is 0.349. The number of nitrogen functional groups attached to an aromatic ring is 1. The van der Waals surface area contributed by atoms with E-state index in [1.54, 1.807) is 6.07 Å². The standard InChI is InChI=1S/C26H27F2N3O3/c27-21-2-1-18(11-22(21)28)31-24-10-17(13-29)23(30)12-19(24)20(9-14-7-16(8-14)26(32)33)25(31)15-3-5-34-6-4-15/h1-2,10-16,29H,3-9,30H2,(H,32,33). The van der Waals surface area contributed by atoms with Crippen molar-refractivity contribution in [2.75, 3.05) is 18.9 Å². The predicted molar refractivity (Wildman–Crippen MR) is 126 cm³/mol. The van der Waals surface area contributed by atoms with Crippen LogP contribution in [-0.2, 0) is 16.0 Å². The molecule has 8 heteroatoms. The Hall–Kier alpha value is -3.26. The summed E-state index contributed by atoms with van der Waals surface area (Å²) in [7, 11) is 0. The number of nitrogens with zero attached hydrogens (tertiary/aromatic N) is 1. The van der Waals surface area contributed by atoms with Gasteiger partial charge in [0.25, 0.3) is 0 Å². The number of nitrogens with one attached hydrogen (secondary N) is 1.